The minimum absolute atomic E-state index is 0.373. The number of carboxylic acids is 1. The Bertz CT molecular complexity index is 118. The molecule has 0 saturated carbocycles. The molecule has 0 bridgehead atoms. The molecular formula is C5H7ClO2. The maximum absolute atomic E-state index is 9.81. The van der Waals surface area contributed by atoms with E-state index < -0.39 is 5.97 Å². The van der Waals surface area contributed by atoms with Gasteiger partial charge in [-0.1, -0.05) is 18.5 Å². The largest absolute Gasteiger partial charge is 0.478 e. The zero-order chi connectivity index (χ0) is 6.57. The second-order valence-electron chi connectivity index (χ2n) is 1.28. The van der Waals surface area contributed by atoms with Crippen LogP contribution in [0.25, 0.3) is 0 Å². The second kappa shape index (κ2) is 3.50. The Morgan fingerprint density at radius 3 is 2.50 bits per heavy atom. The van der Waals surface area contributed by atoms with Gasteiger partial charge in [0, 0.05) is 11.1 Å². The highest BCUT2D eigenvalue weighted by atomic mass is 35.5. The summed E-state index contributed by atoms with van der Waals surface area (Å²) in [5.74, 6) is -0.989. The summed E-state index contributed by atoms with van der Waals surface area (Å²) in [6, 6.07) is 0. The first-order valence-electron chi connectivity index (χ1n) is 2.25. The Morgan fingerprint density at radius 1 is 1.88 bits per heavy atom. The number of carbonyl (C=O) groups is 1. The molecule has 0 amide bonds. The Kier molecular flexibility index (Phi) is 3.28. The highest BCUT2D eigenvalue weighted by Gasteiger charge is 1.90. The van der Waals surface area contributed by atoms with Crippen LogP contribution in [0.1, 0.15) is 13.3 Å². The first-order valence-corrected chi connectivity index (χ1v) is 2.63. The van der Waals surface area contributed by atoms with E-state index in [1.807, 2.05) is 0 Å². The lowest BCUT2D eigenvalue weighted by Gasteiger charge is -1.84. The molecule has 46 valence electrons. The number of rotatable bonds is 2. The van der Waals surface area contributed by atoms with Crippen molar-refractivity contribution >= 4 is 17.6 Å². The summed E-state index contributed by atoms with van der Waals surface area (Å²) in [5, 5.41) is 8.43. The average molecular weight is 135 g/mol. The quantitative estimate of drug-likeness (QED) is 0.583. The molecule has 0 radical (unpaired) electrons. The number of halogens is 1. The Balaban J connectivity index is 3.75. The third-order valence-electron chi connectivity index (χ3n) is 0.618. The molecule has 0 aromatic heterocycles. The van der Waals surface area contributed by atoms with E-state index in [9.17, 15) is 4.79 Å². The van der Waals surface area contributed by atoms with E-state index in [0.29, 0.717) is 11.5 Å². The summed E-state index contributed by atoms with van der Waals surface area (Å²) in [4.78, 5) is 9.81. The van der Waals surface area contributed by atoms with Gasteiger partial charge in [-0.15, -0.1) is 0 Å². The molecule has 8 heavy (non-hydrogen) atoms. The molecular weight excluding hydrogens is 128 g/mol. The zero-order valence-electron chi connectivity index (χ0n) is 4.52. The lowest BCUT2D eigenvalue weighted by molar-refractivity contribution is -0.131. The van der Waals surface area contributed by atoms with Gasteiger partial charge in [-0.05, 0) is 6.42 Å². The molecule has 0 aromatic carbocycles. The molecule has 0 rings (SSSR count). The van der Waals surface area contributed by atoms with Crippen molar-refractivity contribution in [1.29, 1.82) is 0 Å². The van der Waals surface area contributed by atoms with Gasteiger partial charge in [0.2, 0.25) is 0 Å². The van der Waals surface area contributed by atoms with Gasteiger partial charge >= 0.3 is 5.97 Å². The van der Waals surface area contributed by atoms with Crippen molar-refractivity contribution in [2.75, 3.05) is 0 Å². The van der Waals surface area contributed by atoms with Crippen molar-refractivity contribution < 1.29 is 9.90 Å². The Morgan fingerprint density at radius 2 is 2.38 bits per heavy atom. The van der Waals surface area contributed by atoms with E-state index in [2.05, 4.69) is 0 Å². The van der Waals surface area contributed by atoms with Crippen LogP contribution < -0.4 is 0 Å². The minimum atomic E-state index is -0.989. The van der Waals surface area contributed by atoms with Crippen molar-refractivity contribution in [2.45, 2.75) is 13.3 Å². The summed E-state index contributed by atoms with van der Waals surface area (Å²) >= 11 is 5.34. The van der Waals surface area contributed by atoms with Gasteiger partial charge in [-0.2, -0.15) is 0 Å². The third-order valence-corrected chi connectivity index (χ3v) is 0.994. The van der Waals surface area contributed by atoms with E-state index >= 15 is 0 Å². The van der Waals surface area contributed by atoms with E-state index in [4.69, 9.17) is 16.7 Å². The number of carboxylic acid groups (broad SMARTS) is 1. The molecule has 0 aliphatic heterocycles. The molecule has 0 aliphatic carbocycles. The summed E-state index contributed by atoms with van der Waals surface area (Å²) < 4.78 is 0. The van der Waals surface area contributed by atoms with Gasteiger partial charge in [0.25, 0.3) is 0 Å². The van der Waals surface area contributed by atoms with Crippen LogP contribution >= 0.6 is 11.6 Å². The topological polar surface area (TPSA) is 37.3 Å². The maximum atomic E-state index is 9.81. The molecule has 0 unspecified atom stereocenters. The first kappa shape index (κ1) is 7.50. The minimum Gasteiger partial charge on any atom is -0.478 e. The van der Waals surface area contributed by atoms with E-state index in [-0.39, 0.29) is 0 Å². The lowest BCUT2D eigenvalue weighted by Crippen LogP contribution is -1.87. The Hall–Kier alpha value is -0.500. The van der Waals surface area contributed by atoms with Gasteiger partial charge in [0.15, 0.2) is 0 Å². The number of aliphatic carboxylic acids is 1. The maximum Gasteiger partial charge on any atom is 0.329 e. The highest BCUT2D eigenvalue weighted by Crippen LogP contribution is 2.03. The molecule has 2 nitrogen and oxygen atoms in total. The van der Waals surface area contributed by atoms with Crippen molar-refractivity contribution in [3.8, 4) is 0 Å². The number of hydrogen-bond donors (Lipinski definition) is 1. The summed E-state index contributed by atoms with van der Waals surface area (Å²) in [6.07, 6.45) is 1.56. The van der Waals surface area contributed by atoms with Crippen LogP contribution in [-0.4, -0.2) is 11.1 Å². The number of hydrogen-bond acceptors (Lipinski definition) is 1. The van der Waals surface area contributed by atoms with Crippen LogP contribution in [0, 0.1) is 0 Å². The summed E-state index contributed by atoms with van der Waals surface area (Å²) in [5.41, 5.74) is 0. The van der Waals surface area contributed by atoms with Crippen molar-refractivity contribution in [3.05, 3.63) is 11.1 Å². The summed E-state index contributed by atoms with van der Waals surface area (Å²) in [7, 11) is 0. The lowest BCUT2D eigenvalue weighted by atomic mass is 10.4. The normalized spacial score (nSPS) is 11.5. The van der Waals surface area contributed by atoms with Gasteiger partial charge in [0.05, 0.1) is 0 Å². The number of allylic oxidation sites excluding steroid dienone is 1. The van der Waals surface area contributed by atoms with Gasteiger partial charge in [0.1, 0.15) is 0 Å². The van der Waals surface area contributed by atoms with Crippen molar-refractivity contribution in [1.82, 2.24) is 0 Å². The second-order valence-corrected chi connectivity index (χ2v) is 1.77. The zero-order valence-corrected chi connectivity index (χ0v) is 5.27. The van der Waals surface area contributed by atoms with E-state index in [1.165, 1.54) is 0 Å². The first-order chi connectivity index (χ1) is 3.66. The molecule has 0 atom stereocenters. The van der Waals surface area contributed by atoms with Crippen LogP contribution in [0.4, 0.5) is 0 Å². The van der Waals surface area contributed by atoms with Crippen LogP contribution in [0.2, 0.25) is 0 Å². The standard InChI is InChI=1S/C5H7ClO2/c1-2-4(6)3-5(7)8/h3H,2H2,1H3,(H,7,8)/b4-3-. The highest BCUT2D eigenvalue weighted by molar-refractivity contribution is 6.30. The Labute approximate surface area is 52.8 Å². The third kappa shape index (κ3) is 3.68. The molecule has 0 aromatic rings. The molecule has 0 heterocycles. The molecule has 0 spiro atoms. The summed E-state index contributed by atoms with van der Waals surface area (Å²) in [6.45, 7) is 1.79. The fourth-order valence-corrected chi connectivity index (χ4v) is 0.329. The fraction of sp³-hybridized carbons (Fsp3) is 0.400. The van der Waals surface area contributed by atoms with Crippen molar-refractivity contribution in [2.24, 2.45) is 0 Å². The fourth-order valence-electron chi connectivity index (χ4n) is 0.236. The van der Waals surface area contributed by atoms with Gasteiger partial charge < -0.3 is 5.11 Å². The average Bonchev–Trinajstić information content (AvgIpc) is 1.65. The van der Waals surface area contributed by atoms with Gasteiger partial charge in [-0.3, -0.25) is 0 Å². The van der Waals surface area contributed by atoms with Gasteiger partial charge in [-0.25, -0.2) is 4.79 Å². The van der Waals surface area contributed by atoms with E-state index in [0.717, 1.165) is 6.08 Å². The molecule has 3 heteroatoms. The SMILES string of the molecule is CC/C(Cl)=C/C(=O)O. The van der Waals surface area contributed by atoms with Crippen LogP contribution in [0.15, 0.2) is 11.1 Å². The van der Waals surface area contributed by atoms with Crippen molar-refractivity contribution in [3.63, 3.8) is 0 Å². The molecule has 0 saturated heterocycles. The van der Waals surface area contributed by atoms with Crippen LogP contribution in [0.5, 0.6) is 0 Å². The monoisotopic (exact) mass is 134 g/mol. The predicted molar refractivity (Wildman–Crippen MR) is 31.9 cm³/mol. The van der Waals surface area contributed by atoms with Crippen LogP contribution in [0.3, 0.4) is 0 Å². The van der Waals surface area contributed by atoms with E-state index in [1.54, 1.807) is 6.92 Å². The van der Waals surface area contributed by atoms with Crippen LogP contribution in [-0.2, 0) is 4.79 Å². The molecule has 0 fully saturated rings. The smallest absolute Gasteiger partial charge is 0.329 e. The molecule has 1 N–H and O–H groups in total. The molecule has 0 aliphatic rings. The predicted octanol–water partition coefficient (Wildman–Crippen LogP) is 1.60.